The maximum absolute atomic E-state index is 12.9. The Hall–Kier alpha value is -3.09. The highest BCUT2D eigenvalue weighted by atomic mass is 16.5. The minimum atomic E-state index is -0.424. The number of para-hydroxylation sites is 1. The van der Waals surface area contributed by atoms with Crippen molar-refractivity contribution in [1.82, 2.24) is 15.2 Å². The highest BCUT2D eigenvalue weighted by molar-refractivity contribution is 5.94. The number of methoxy groups -OCH3 is 1. The molecule has 2 aliphatic rings. The number of aromatic nitrogens is 1. The molecule has 3 heterocycles. The summed E-state index contributed by atoms with van der Waals surface area (Å²) in [5.41, 5.74) is 0.710. The molecule has 1 aromatic carbocycles. The van der Waals surface area contributed by atoms with Crippen LogP contribution in [0, 0.1) is 5.41 Å². The fourth-order valence-corrected chi connectivity index (χ4v) is 4.17. The van der Waals surface area contributed by atoms with Crippen LogP contribution in [0.15, 0.2) is 41.2 Å². The number of ether oxygens (including phenoxy) is 1. The Bertz CT molecular complexity index is 974. The van der Waals surface area contributed by atoms with Crippen LogP contribution in [0.3, 0.4) is 0 Å². The zero-order chi connectivity index (χ0) is 19.7. The number of hydrogen-bond acceptors (Lipinski definition) is 4. The molecule has 2 aromatic rings. The van der Waals surface area contributed by atoms with Gasteiger partial charge >= 0.3 is 0 Å². The Morgan fingerprint density at radius 2 is 1.82 bits per heavy atom. The number of hydrogen-bond donors (Lipinski definition) is 2. The quantitative estimate of drug-likeness (QED) is 0.848. The lowest BCUT2D eigenvalue weighted by atomic mass is 9.77. The van der Waals surface area contributed by atoms with Gasteiger partial charge in [-0.2, -0.15) is 0 Å². The molecule has 2 aliphatic heterocycles. The lowest BCUT2D eigenvalue weighted by Gasteiger charge is -2.37. The Labute approximate surface area is 162 Å². The van der Waals surface area contributed by atoms with Gasteiger partial charge in [0.05, 0.1) is 18.2 Å². The number of nitrogens with one attached hydrogen (secondary N) is 2. The average Bonchev–Trinajstić information content (AvgIpc) is 3.07. The molecule has 7 heteroatoms. The summed E-state index contributed by atoms with van der Waals surface area (Å²) in [5.74, 6) is 0.452. The van der Waals surface area contributed by atoms with Gasteiger partial charge in [0.2, 0.25) is 5.91 Å². The summed E-state index contributed by atoms with van der Waals surface area (Å²) >= 11 is 0. The van der Waals surface area contributed by atoms with Gasteiger partial charge in [-0.3, -0.25) is 14.4 Å². The van der Waals surface area contributed by atoms with Crippen LogP contribution in [0.2, 0.25) is 0 Å². The summed E-state index contributed by atoms with van der Waals surface area (Å²) in [4.78, 5) is 42.0. The first-order chi connectivity index (χ1) is 13.5. The molecule has 1 aromatic heterocycles. The van der Waals surface area contributed by atoms with Crippen molar-refractivity contribution >= 4 is 11.8 Å². The van der Waals surface area contributed by atoms with Crippen molar-refractivity contribution in [3.8, 4) is 17.0 Å². The van der Waals surface area contributed by atoms with Crippen molar-refractivity contribution in [3.05, 3.63) is 52.3 Å². The Balaban J connectivity index is 1.53. The van der Waals surface area contributed by atoms with Gasteiger partial charge in [0.1, 0.15) is 11.3 Å². The van der Waals surface area contributed by atoms with Crippen LogP contribution < -0.4 is 15.6 Å². The molecular formula is C21H23N3O4. The molecule has 2 fully saturated rings. The minimum Gasteiger partial charge on any atom is -0.496 e. The monoisotopic (exact) mass is 381 g/mol. The van der Waals surface area contributed by atoms with E-state index in [-0.39, 0.29) is 22.8 Å². The van der Waals surface area contributed by atoms with E-state index in [1.807, 2.05) is 24.3 Å². The summed E-state index contributed by atoms with van der Waals surface area (Å²) in [6.45, 7) is 1.68. The highest BCUT2D eigenvalue weighted by Gasteiger charge is 2.45. The average molecular weight is 381 g/mol. The summed E-state index contributed by atoms with van der Waals surface area (Å²) in [5, 5.41) is 2.89. The lowest BCUT2D eigenvalue weighted by Crippen LogP contribution is -2.47. The van der Waals surface area contributed by atoms with Crippen LogP contribution in [-0.4, -0.2) is 48.4 Å². The Morgan fingerprint density at radius 3 is 2.46 bits per heavy atom. The van der Waals surface area contributed by atoms with Crippen LogP contribution in [0.5, 0.6) is 5.75 Å². The van der Waals surface area contributed by atoms with E-state index in [4.69, 9.17) is 4.74 Å². The number of piperidine rings is 1. The number of aromatic amines is 1. The van der Waals surface area contributed by atoms with Gasteiger partial charge in [-0.25, -0.2) is 0 Å². The molecule has 0 unspecified atom stereocenters. The topological polar surface area (TPSA) is 91.5 Å². The van der Waals surface area contributed by atoms with E-state index in [1.165, 1.54) is 0 Å². The molecule has 4 rings (SSSR count). The third-order valence-electron chi connectivity index (χ3n) is 5.92. The van der Waals surface area contributed by atoms with Crippen molar-refractivity contribution in [2.24, 2.45) is 5.41 Å². The van der Waals surface area contributed by atoms with Crippen LogP contribution in [0.25, 0.3) is 11.3 Å². The molecular weight excluding hydrogens is 358 g/mol. The van der Waals surface area contributed by atoms with E-state index in [0.29, 0.717) is 43.9 Å². The van der Waals surface area contributed by atoms with Gasteiger partial charge in [0.15, 0.2) is 0 Å². The number of benzene rings is 1. The molecule has 2 amide bonds. The number of likely N-dealkylation sites (tertiary alicyclic amines) is 1. The third kappa shape index (κ3) is 3.06. The number of carbonyl (C=O) groups is 2. The van der Waals surface area contributed by atoms with E-state index in [2.05, 4.69) is 10.3 Å². The van der Waals surface area contributed by atoms with E-state index in [9.17, 15) is 14.4 Å². The van der Waals surface area contributed by atoms with Gasteiger partial charge in [-0.15, -0.1) is 0 Å². The highest BCUT2D eigenvalue weighted by Crippen LogP contribution is 2.38. The van der Waals surface area contributed by atoms with E-state index in [1.54, 1.807) is 24.1 Å². The van der Waals surface area contributed by atoms with Gasteiger partial charge in [-0.05, 0) is 43.5 Å². The Kier molecular flexibility index (Phi) is 4.66. The number of carbonyl (C=O) groups excluding carboxylic acids is 2. The van der Waals surface area contributed by atoms with Crippen LogP contribution >= 0.6 is 0 Å². The van der Waals surface area contributed by atoms with Crippen molar-refractivity contribution < 1.29 is 14.3 Å². The Morgan fingerprint density at radius 1 is 1.07 bits per heavy atom. The molecule has 28 heavy (non-hydrogen) atoms. The summed E-state index contributed by atoms with van der Waals surface area (Å²) in [6.07, 6.45) is 2.10. The van der Waals surface area contributed by atoms with E-state index in [0.717, 1.165) is 12.0 Å². The van der Waals surface area contributed by atoms with Gasteiger partial charge in [0, 0.05) is 25.2 Å². The minimum absolute atomic E-state index is 0.0959. The first kappa shape index (κ1) is 18.3. The predicted octanol–water partition coefficient (Wildman–Crippen LogP) is 1.79. The number of nitrogens with zero attached hydrogens (tertiary/aromatic N) is 1. The molecule has 0 radical (unpaired) electrons. The number of rotatable bonds is 3. The summed E-state index contributed by atoms with van der Waals surface area (Å²) in [6, 6.07) is 10.7. The van der Waals surface area contributed by atoms with Crippen LogP contribution in [-0.2, 0) is 4.79 Å². The second kappa shape index (κ2) is 7.14. The fraction of sp³-hybridized carbons (Fsp3) is 0.381. The normalized spacial score (nSPS) is 18.2. The lowest BCUT2D eigenvalue weighted by molar-refractivity contribution is -0.129. The van der Waals surface area contributed by atoms with Crippen LogP contribution in [0.1, 0.15) is 29.6 Å². The fourth-order valence-electron chi connectivity index (χ4n) is 4.17. The molecule has 1 spiro atoms. The second-order valence-electron chi connectivity index (χ2n) is 7.39. The summed E-state index contributed by atoms with van der Waals surface area (Å²) in [7, 11) is 1.57. The van der Waals surface area contributed by atoms with Crippen molar-refractivity contribution in [3.63, 3.8) is 0 Å². The smallest absolute Gasteiger partial charge is 0.261 e. The SMILES string of the molecule is COc1ccccc1-c1ccc(C(=O)N2CCC3(CCNC3=O)CC2)c(=O)[nH]1. The number of amides is 2. The molecule has 2 saturated heterocycles. The maximum atomic E-state index is 12.9. The predicted molar refractivity (Wildman–Crippen MR) is 104 cm³/mol. The molecule has 7 nitrogen and oxygen atoms in total. The maximum Gasteiger partial charge on any atom is 0.261 e. The van der Waals surface area contributed by atoms with Crippen molar-refractivity contribution in [1.29, 1.82) is 0 Å². The van der Waals surface area contributed by atoms with Crippen molar-refractivity contribution in [2.75, 3.05) is 26.7 Å². The summed E-state index contributed by atoms with van der Waals surface area (Å²) < 4.78 is 5.34. The first-order valence-corrected chi connectivity index (χ1v) is 9.48. The van der Waals surface area contributed by atoms with E-state index >= 15 is 0 Å². The van der Waals surface area contributed by atoms with E-state index < -0.39 is 5.56 Å². The van der Waals surface area contributed by atoms with Gasteiger partial charge in [-0.1, -0.05) is 12.1 Å². The standard InChI is InChI=1S/C21H23N3O4/c1-28-17-5-3-2-4-14(17)16-7-6-15(18(25)23-16)19(26)24-12-9-21(10-13-24)8-11-22-20(21)27/h2-7H,8-13H2,1H3,(H,22,27)(H,23,25). The van der Waals surface area contributed by atoms with Crippen LogP contribution in [0.4, 0.5) is 0 Å². The zero-order valence-electron chi connectivity index (χ0n) is 15.8. The molecule has 2 N–H and O–H groups in total. The second-order valence-corrected chi connectivity index (χ2v) is 7.39. The molecule has 0 saturated carbocycles. The van der Waals surface area contributed by atoms with Gasteiger partial charge < -0.3 is 19.9 Å². The number of H-pyrrole nitrogens is 1. The molecule has 0 bridgehead atoms. The molecule has 146 valence electrons. The molecule has 0 aliphatic carbocycles. The zero-order valence-corrected chi connectivity index (χ0v) is 15.8. The number of pyridine rings is 1. The largest absolute Gasteiger partial charge is 0.496 e. The third-order valence-corrected chi connectivity index (χ3v) is 5.92. The molecule has 0 atom stereocenters. The van der Waals surface area contributed by atoms with Crippen molar-refractivity contribution in [2.45, 2.75) is 19.3 Å². The van der Waals surface area contributed by atoms with Gasteiger partial charge in [0.25, 0.3) is 11.5 Å². The first-order valence-electron chi connectivity index (χ1n) is 9.48.